The summed E-state index contributed by atoms with van der Waals surface area (Å²) >= 11 is 0. The van der Waals surface area contributed by atoms with Gasteiger partial charge in [0.25, 0.3) is 0 Å². The van der Waals surface area contributed by atoms with E-state index in [0.29, 0.717) is 38.2 Å². The highest BCUT2D eigenvalue weighted by atomic mass is 16.6. The van der Waals surface area contributed by atoms with Crippen LogP contribution >= 0.6 is 0 Å². The summed E-state index contributed by atoms with van der Waals surface area (Å²) in [5, 5.41) is 4.51. The van der Waals surface area contributed by atoms with Crippen molar-refractivity contribution in [3.8, 4) is 6.01 Å². The molecule has 4 heterocycles. The first-order chi connectivity index (χ1) is 19.3. The van der Waals surface area contributed by atoms with E-state index in [1.165, 1.54) is 4.90 Å². The van der Waals surface area contributed by atoms with E-state index in [1.807, 2.05) is 27.0 Å². The third kappa shape index (κ3) is 7.33. The largest absolute Gasteiger partial charge is 0.459 e. The average molecular weight is 568 g/mol. The molecule has 4 rings (SSSR count). The van der Waals surface area contributed by atoms with Gasteiger partial charge in [-0.15, -0.1) is 5.10 Å². The Bertz CT molecular complexity index is 1390. The zero-order valence-corrected chi connectivity index (χ0v) is 25.0. The van der Waals surface area contributed by atoms with Crippen molar-refractivity contribution in [2.24, 2.45) is 0 Å². The lowest BCUT2D eigenvalue weighted by Gasteiger charge is -2.36. The molecule has 0 spiro atoms. The van der Waals surface area contributed by atoms with Crippen LogP contribution < -0.4 is 15.4 Å². The van der Waals surface area contributed by atoms with Crippen LogP contribution in [0, 0.1) is 6.92 Å². The smallest absolute Gasteiger partial charge is 0.410 e. The van der Waals surface area contributed by atoms with E-state index < -0.39 is 11.7 Å². The number of carbonyl (C=O) groups excluding carboxylic acids is 2. The number of carbonyl (C=O) groups is 2. The number of rotatable bonds is 8. The van der Waals surface area contributed by atoms with Gasteiger partial charge in [0.2, 0.25) is 5.91 Å². The second kappa shape index (κ2) is 12.1. The summed E-state index contributed by atoms with van der Waals surface area (Å²) < 4.78 is 12.8. The minimum Gasteiger partial charge on any atom is -0.459 e. The van der Waals surface area contributed by atoms with E-state index >= 15 is 0 Å². The molecule has 3 aromatic rings. The van der Waals surface area contributed by atoms with Crippen LogP contribution in [0.1, 0.15) is 57.9 Å². The van der Waals surface area contributed by atoms with Gasteiger partial charge in [0.05, 0.1) is 18.0 Å². The molecule has 0 aromatic carbocycles. The van der Waals surface area contributed by atoms with Crippen LogP contribution in [0.2, 0.25) is 0 Å². The molecule has 13 heteroatoms. The van der Waals surface area contributed by atoms with Crippen molar-refractivity contribution in [2.45, 2.75) is 66.1 Å². The Labute approximate surface area is 240 Å². The Balaban J connectivity index is 1.37. The van der Waals surface area contributed by atoms with E-state index in [2.05, 4.69) is 26.0 Å². The highest BCUT2D eigenvalue weighted by Crippen LogP contribution is 2.23. The highest BCUT2D eigenvalue weighted by Gasteiger charge is 2.26. The topological polar surface area (TPSA) is 144 Å². The lowest BCUT2D eigenvalue weighted by atomic mass is 10.1. The Kier molecular flexibility index (Phi) is 8.83. The van der Waals surface area contributed by atoms with Gasteiger partial charge in [-0.05, 0) is 52.2 Å². The van der Waals surface area contributed by atoms with Gasteiger partial charge in [0, 0.05) is 45.8 Å². The molecule has 0 bridgehead atoms. The van der Waals surface area contributed by atoms with Gasteiger partial charge in [0.15, 0.2) is 11.5 Å². The van der Waals surface area contributed by atoms with E-state index in [0.717, 1.165) is 29.1 Å². The second-order valence-corrected chi connectivity index (χ2v) is 11.5. The van der Waals surface area contributed by atoms with Crippen molar-refractivity contribution < 1.29 is 19.1 Å². The quantitative estimate of drug-likeness (QED) is 0.431. The molecule has 0 saturated carbocycles. The number of likely N-dealkylation sites (N-methyl/N-ethyl adjacent to an activating group) is 1. The number of amides is 2. The van der Waals surface area contributed by atoms with Crippen molar-refractivity contribution in [2.75, 3.05) is 50.4 Å². The molecule has 0 aliphatic carbocycles. The van der Waals surface area contributed by atoms with Crippen LogP contribution in [0.5, 0.6) is 6.01 Å². The Morgan fingerprint density at radius 2 is 1.85 bits per heavy atom. The molecule has 222 valence electrons. The van der Waals surface area contributed by atoms with E-state index in [-0.39, 0.29) is 30.4 Å². The summed E-state index contributed by atoms with van der Waals surface area (Å²) in [6.07, 6.45) is 4.44. The monoisotopic (exact) mass is 567 g/mol. The van der Waals surface area contributed by atoms with Crippen LogP contribution in [0.25, 0.3) is 5.65 Å². The number of aromatic nitrogens is 5. The molecule has 1 aliphatic heterocycles. The Hall–Kier alpha value is -4.16. The van der Waals surface area contributed by atoms with Crippen molar-refractivity contribution in [3.63, 3.8) is 0 Å². The Morgan fingerprint density at radius 1 is 1.15 bits per heavy atom. The van der Waals surface area contributed by atoms with E-state index in [9.17, 15) is 9.59 Å². The molecular weight excluding hydrogens is 526 g/mol. The number of piperazine rings is 1. The normalized spacial score (nSPS) is 14.7. The summed E-state index contributed by atoms with van der Waals surface area (Å²) in [6.45, 7) is 13.8. The molecule has 13 nitrogen and oxygen atoms in total. The molecule has 1 saturated heterocycles. The fourth-order valence-corrected chi connectivity index (χ4v) is 4.50. The third-order valence-electron chi connectivity index (χ3n) is 6.82. The summed E-state index contributed by atoms with van der Waals surface area (Å²) in [6, 6.07) is 2.33. The number of imidazole rings is 1. The number of nitrogen functional groups attached to an aromatic ring is 1. The minimum absolute atomic E-state index is 0.0218. The van der Waals surface area contributed by atoms with Crippen LogP contribution in [-0.4, -0.2) is 97.8 Å². The van der Waals surface area contributed by atoms with Crippen LogP contribution in [-0.2, 0) is 16.0 Å². The summed E-state index contributed by atoms with van der Waals surface area (Å²) in [4.78, 5) is 43.7. The molecule has 0 unspecified atom stereocenters. The zero-order chi connectivity index (χ0) is 29.9. The van der Waals surface area contributed by atoms with E-state index in [1.54, 1.807) is 43.4 Å². The van der Waals surface area contributed by atoms with Gasteiger partial charge in [-0.1, -0.05) is 13.0 Å². The molecule has 2 amide bonds. The lowest BCUT2D eigenvalue weighted by Crippen LogP contribution is -2.52. The summed E-state index contributed by atoms with van der Waals surface area (Å²) in [5.41, 5.74) is 8.89. The number of ether oxygens (including phenoxy) is 2. The first kappa shape index (κ1) is 29.8. The van der Waals surface area contributed by atoms with Crippen LogP contribution in [0.4, 0.5) is 16.4 Å². The average Bonchev–Trinajstić information content (AvgIpc) is 3.30. The lowest BCUT2D eigenvalue weighted by molar-refractivity contribution is -0.132. The highest BCUT2D eigenvalue weighted by molar-refractivity contribution is 5.82. The van der Waals surface area contributed by atoms with Gasteiger partial charge in [-0.3, -0.25) is 4.79 Å². The second-order valence-electron chi connectivity index (χ2n) is 11.5. The molecular formula is C28H41N9O4. The third-order valence-corrected chi connectivity index (χ3v) is 6.82. The maximum Gasteiger partial charge on any atom is 0.410 e. The number of hydrogen-bond acceptors (Lipinski definition) is 10. The summed E-state index contributed by atoms with van der Waals surface area (Å²) in [7, 11) is 1.57. The fourth-order valence-electron chi connectivity index (χ4n) is 4.50. The first-order valence-corrected chi connectivity index (χ1v) is 13.9. The number of anilines is 2. The minimum atomic E-state index is -0.610. The zero-order valence-electron chi connectivity index (χ0n) is 25.0. The van der Waals surface area contributed by atoms with Crippen molar-refractivity contribution in [1.82, 2.24) is 34.4 Å². The molecule has 1 fully saturated rings. The number of nitrogens with two attached hydrogens (primary N) is 1. The number of pyridine rings is 1. The van der Waals surface area contributed by atoms with Crippen LogP contribution in [0.3, 0.4) is 0 Å². The molecule has 41 heavy (non-hydrogen) atoms. The predicted molar refractivity (Wildman–Crippen MR) is 155 cm³/mol. The van der Waals surface area contributed by atoms with Gasteiger partial charge in [-0.2, -0.15) is 4.98 Å². The molecule has 1 aliphatic rings. The SMILES string of the molecule is CC[C@@H](C)Oc1nc(N)c2ncc(Cc3cnc(N4CCN(C(=O)CN(C)C(=O)OC(C)(C)C)CC4)c(C)c3)n2n1. The van der Waals surface area contributed by atoms with Crippen molar-refractivity contribution in [1.29, 1.82) is 0 Å². The number of aryl methyl sites for hydroxylation is 1. The molecule has 1 atom stereocenters. The molecule has 0 radical (unpaired) electrons. The molecule has 3 aromatic heterocycles. The maximum atomic E-state index is 12.8. The predicted octanol–water partition coefficient (Wildman–Crippen LogP) is 2.69. The molecule has 2 N–H and O–H groups in total. The Morgan fingerprint density at radius 3 is 2.49 bits per heavy atom. The number of nitrogens with zero attached hydrogens (tertiary/aromatic N) is 8. The van der Waals surface area contributed by atoms with E-state index in [4.69, 9.17) is 20.2 Å². The fraction of sp³-hybridized carbons (Fsp3) is 0.571. The van der Waals surface area contributed by atoms with Gasteiger partial charge < -0.3 is 29.9 Å². The standard InChI is InChI=1S/C28H41N9O4/c1-8-19(3)40-26-32-23(29)25-31-16-21(37(25)33-26)14-20-13-18(2)24(30-15-20)36-11-9-35(10-12-36)22(38)17-34(7)27(39)41-28(4,5)6/h13,15-16,19H,8-12,14,17H2,1-7H3,(H2,29,32,33)/t19-/m1/s1. The summed E-state index contributed by atoms with van der Waals surface area (Å²) in [5.74, 6) is 1.05. The van der Waals surface area contributed by atoms with Crippen molar-refractivity contribution >= 4 is 29.3 Å². The van der Waals surface area contributed by atoms with Crippen LogP contribution in [0.15, 0.2) is 18.5 Å². The van der Waals surface area contributed by atoms with Crippen molar-refractivity contribution in [3.05, 3.63) is 35.3 Å². The maximum absolute atomic E-state index is 12.8. The van der Waals surface area contributed by atoms with Gasteiger partial charge >= 0.3 is 12.1 Å². The first-order valence-electron chi connectivity index (χ1n) is 13.9. The van der Waals surface area contributed by atoms with Gasteiger partial charge in [0.1, 0.15) is 18.0 Å². The number of fused-ring (bicyclic) bond motifs is 1. The van der Waals surface area contributed by atoms with Gasteiger partial charge in [-0.25, -0.2) is 19.3 Å². The number of hydrogen-bond donors (Lipinski definition) is 1.